The van der Waals surface area contributed by atoms with Crippen molar-refractivity contribution in [3.8, 4) is 5.75 Å². The lowest BCUT2D eigenvalue weighted by molar-refractivity contribution is -0.121. The molecule has 1 aromatic rings. The number of likely N-dealkylation sites (tertiary alicyclic amines) is 1. The van der Waals surface area contributed by atoms with E-state index in [1.165, 1.54) is 0 Å². The van der Waals surface area contributed by atoms with Gasteiger partial charge in [0.05, 0.1) is 18.2 Å². The molecule has 0 bridgehead atoms. The molecule has 26 heavy (non-hydrogen) atoms. The maximum Gasteiger partial charge on any atom is 0.320 e. The first kappa shape index (κ1) is 20.1. The summed E-state index contributed by atoms with van der Waals surface area (Å²) in [6, 6.07) is 7.52. The third kappa shape index (κ3) is 5.13. The summed E-state index contributed by atoms with van der Waals surface area (Å²) in [7, 11) is 0. The molecule has 0 aliphatic carbocycles. The Labute approximate surface area is 156 Å². The van der Waals surface area contributed by atoms with Gasteiger partial charge < -0.3 is 19.9 Å². The van der Waals surface area contributed by atoms with Gasteiger partial charge in [-0.25, -0.2) is 4.79 Å². The van der Waals surface area contributed by atoms with E-state index in [-0.39, 0.29) is 17.9 Å². The lowest BCUT2D eigenvalue weighted by Gasteiger charge is -2.35. The van der Waals surface area contributed by atoms with E-state index in [4.69, 9.17) is 4.74 Å². The van der Waals surface area contributed by atoms with Gasteiger partial charge in [-0.15, -0.1) is 0 Å². The van der Waals surface area contributed by atoms with Crippen LogP contribution in [0.1, 0.15) is 40.0 Å². The first-order chi connectivity index (χ1) is 12.6. The zero-order chi connectivity index (χ0) is 18.9. The molecule has 1 aliphatic heterocycles. The largest absolute Gasteiger partial charge is 0.491 e. The number of amides is 3. The smallest absolute Gasteiger partial charge is 0.320 e. The Balaban J connectivity index is 2.00. The molecule has 1 unspecified atom stereocenters. The first-order valence-electron chi connectivity index (χ1n) is 9.67. The van der Waals surface area contributed by atoms with Crippen LogP contribution < -0.4 is 10.1 Å². The Morgan fingerprint density at radius 3 is 2.65 bits per heavy atom. The lowest BCUT2D eigenvalue weighted by Crippen LogP contribution is -2.49. The van der Waals surface area contributed by atoms with Crippen LogP contribution in [-0.4, -0.2) is 54.5 Å². The quantitative estimate of drug-likeness (QED) is 0.807. The van der Waals surface area contributed by atoms with Gasteiger partial charge in [0.15, 0.2) is 0 Å². The van der Waals surface area contributed by atoms with E-state index >= 15 is 0 Å². The molecule has 0 spiro atoms. The molecule has 1 atom stereocenters. The fourth-order valence-electron chi connectivity index (χ4n) is 3.20. The second-order valence-corrected chi connectivity index (χ2v) is 6.57. The number of piperidine rings is 1. The number of carbonyl (C=O) groups excluding carboxylic acids is 2. The minimum atomic E-state index is -0.192. The van der Waals surface area contributed by atoms with Gasteiger partial charge in [0.25, 0.3) is 0 Å². The Hall–Kier alpha value is -2.24. The number of nitrogens with zero attached hydrogens (tertiary/aromatic N) is 2. The zero-order valence-corrected chi connectivity index (χ0v) is 16.2. The molecule has 0 radical (unpaired) electrons. The summed E-state index contributed by atoms with van der Waals surface area (Å²) in [4.78, 5) is 28.9. The highest BCUT2D eigenvalue weighted by Crippen LogP contribution is 2.26. The van der Waals surface area contributed by atoms with Crippen molar-refractivity contribution < 1.29 is 14.3 Å². The van der Waals surface area contributed by atoms with Crippen LogP contribution in [0.15, 0.2) is 24.3 Å². The molecule has 1 aromatic carbocycles. The maximum absolute atomic E-state index is 12.8. The molecule has 2 rings (SSSR count). The van der Waals surface area contributed by atoms with E-state index in [0.29, 0.717) is 37.7 Å². The number of benzene rings is 1. The van der Waals surface area contributed by atoms with Crippen molar-refractivity contribution in [3.05, 3.63) is 24.3 Å². The fourth-order valence-corrected chi connectivity index (χ4v) is 3.20. The first-order valence-corrected chi connectivity index (χ1v) is 9.67. The van der Waals surface area contributed by atoms with Crippen molar-refractivity contribution in [2.24, 2.45) is 5.92 Å². The summed E-state index contributed by atoms with van der Waals surface area (Å²) in [5.74, 6) is 0.451. The number of urea groups is 1. The van der Waals surface area contributed by atoms with Crippen LogP contribution in [0.2, 0.25) is 0 Å². The number of anilines is 1. The summed E-state index contributed by atoms with van der Waals surface area (Å²) in [6.07, 6.45) is 2.55. The normalized spacial score (nSPS) is 16.9. The number of hydrogen-bond acceptors (Lipinski definition) is 3. The molecule has 6 nitrogen and oxygen atoms in total. The van der Waals surface area contributed by atoms with E-state index in [1.807, 2.05) is 45.0 Å². The van der Waals surface area contributed by atoms with Crippen LogP contribution in [0.3, 0.4) is 0 Å². The third-order valence-corrected chi connectivity index (χ3v) is 4.70. The Bertz CT molecular complexity index is 602. The van der Waals surface area contributed by atoms with Gasteiger partial charge >= 0.3 is 6.03 Å². The van der Waals surface area contributed by atoms with Crippen LogP contribution in [0.25, 0.3) is 0 Å². The summed E-state index contributed by atoms with van der Waals surface area (Å²) in [6.45, 7) is 9.17. The van der Waals surface area contributed by atoms with E-state index in [0.717, 1.165) is 25.8 Å². The van der Waals surface area contributed by atoms with Gasteiger partial charge in [-0.2, -0.15) is 0 Å². The molecule has 3 amide bonds. The SMILES string of the molecule is CCCOc1ccccc1NC(=O)C1CCCN(C(=O)N(CC)CC)C1. The van der Waals surface area contributed by atoms with E-state index in [9.17, 15) is 9.59 Å². The second-order valence-electron chi connectivity index (χ2n) is 6.57. The van der Waals surface area contributed by atoms with E-state index in [2.05, 4.69) is 5.32 Å². The predicted molar refractivity (Wildman–Crippen MR) is 103 cm³/mol. The molecule has 144 valence electrons. The van der Waals surface area contributed by atoms with E-state index in [1.54, 1.807) is 9.80 Å². The number of nitrogens with one attached hydrogen (secondary N) is 1. The topological polar surface area (TPSA) is 61.9 Å². The number of para-hydroxylation sites is 2. The third-order valence-electron chi connectivity index (χ3n) is 4.70. The standard InChI is InChI=1S/C20H31N3O3/c1-4-14-26-18-12-8-7-11-17(18)21-19(24)16-10-9-13-23(15-16)20(25)22(5-2)6-3/h7-8,11-12,16H,4-6,9-10,13-15H2,1-3H3,(H,21,24). The number of hydrogen-bond donors (Lipinski definition) is 1. The summed E-state index contributed by atoms with van der Waals surface area (Å²) < 4.78 is 5.71. The van der Waals surface area contributed by atoms with Crippen molar-refractivity contribution in [3.63, 3.8) is 0 Å². The zero-order valence-electron chi connectivity index (χ0n) is 16.2. The molecule has 0 aromatic heterocycles. The molecule has 1 heterocycles. The molecular formula is C20H31N3O3. The average molecular weight is 361 g/mol. The van der Waals surface area contributed by atoms with Gasteiger partial charge in [0.2, 0.25) is 5.91 Å². The molecule has 1 saturated heterocycles. The van der Waals surface area contributed by atoms with Crippen molar-refractivity contribution in [1.29, 1.82) is 0 Å². The minimum Gasteiger partial charge on any atom is -0.491 e. The van der Waals surface area contributed by atoms with Crippen LogP contribution in [0.4, 0.5) is 10.5 Å². The molecular weight excluding hydrogens is 330 g/mol. The average Bonchev–Trinajstić information content (AvgIpc) is 2.68. The van der Waals surface area contributed by atoms with Gasteiger partial charge in [-0.3, -0.25) is 4.79 Å². The molecule has 1 fully saturated rings. The molecule has 0 saturated carbocycles. The number of ether oxygens (including phenoxy) is 1. The van der Waals surface area contributed by atoms with Crippen LogP contribution in [0, 0.1) is 5.92 Å². The van der Waals surface area contributed by atoms with Gasteiger partial charge in [-0.1, -0.05) is 19.1 Å². The highest BCUT2D eigenvalue weighted by molar-refractivity contribution is 5.94. The minimum absolute atomic E-state index is 0.0270. The van der Waals surface area contributed by atoms with Crippen molar-refractivity contribution in [1.82, 2.24) is 9.80 Å². The predicted octanol–water partition coefficient (Wildman–Crippen LogP) is 3.59. The molecule has 1 aliphatic rings. The second kappa shape index (κ2) is 10.0. The Morgan fingerprint density at radius 2 is 1.96 bits per heavy atom. The fraction of sp³-hybridized carbons (Fsp3) is 0.600. The highest BCUT2D eigenvalue weighted by atomic mass is 16.5. The lowest BCUT2D eigenvalue weighted by atomic mass is 9.97. The molecule has 6 heteroatoms. The summed E-state index contributed by atoms with van der Waals surface area (Å²) >= 11 is 0. The summed E-state index contributed by atoms with van der Waals surface area (Å²) in [5.41, 5.74) is 0.693. The van der Waals surface area contributed by atoms with Crippen molar-refractivity contribution in [2.75, 3.05) is 38.1 Å². The number of carbonyl (C=O) groups is 2. The maximum atomic E-state index is 12.8. The van der Waals surface area contributed by atoms with Crippen LogP contribution in [0.5, 0.6) is 5.75 Å². The van der Waals surface area contributed by atoms with Crippen LogP contribution in [-0.2, 0) is 4.79 Å². The Kier molecular flexibility index (Phi) is 7.75. The Morgan fingerprint density at radius 1 is 1.23 bits per heavy atom. The van der Waals surface area contributed by atoms with Gasteiger partial charge in [-0.05, 0) is 45.2 Å². The van der Waals surface area contributed by atoms with Crippen molar-refractivity contribution in [2.45, 2.75) is 40.0 Å². The van der Waals surface area contributed by atoms with Crippen LogP contribution >= 0.6 is 0 Å². The van der Waals surface area contributed by atoms with E-state index < -0.39 is 0 Å². The number of rotatable bonds is 7. The summed E-state index contributed by atoms with van der Waals surface area (Å²) in [5, 5.41) is 2.99. The van der Waals surface area contributed by atoms with Crippen molar-refractivity contribution >= 4 is 17.6 Å². The van der Waals surface area contributed by atoms with Gasteiger partial charge in [0, 0.05) is 26.2 Å². The monoisotopic (exact) mass is 361 g/mol. The van der Waals surface area contributed by atoms with Gasteiger partial charge in [0.1, 0.15) is 5.75 Å². The molecule has 1 N–H and O–H groups in total. The highest BCUT2D eigenvalue weighted by Gasteiger charge is 2.30.